The number of amides is 2. The zero-order valence-corrected chi connectivity index (χ0v) is 20.5. The summed E-state index contributed by atoms with van der Waals surface area (Å²) in [6, 6.07) is 7.90. The Labute approximate surface area is 193 Å². The Morgan fingerprint density at radius 3 is 2.35 bits per heavy atom. The summed E-state index contributed by atoms with van der Waals surface area (Å²) >= 11 is 3.46. The van der Waals surface area contributed by atoms with E-state index in [0.29, 0.717) is 31.7 Å². The molecule has 3 rings (SSSR count). The number of likely N-dealkylation sites (N-methyl/N-ethyl adjacent to an activating group) is 1. The highest BCUT2D eigenvalue weighted by molar-refractivity contribution is 9.10. The van der Waals surface area contributed by atoms with Crippen LogP contribution in [-0.4, -0.2) is 82.1 Å². The van der Waals surface area contributed by atoms with Gasteiger partial charge in [-0.05, 0) is 58.4 Å². The summed E-state index contributed by atoms with van der Waals surface area (Å²) in [5, 5.41) is 4.64. The van der Waals surface area contributed by atoms with Crippen LogP contribution in [0.4, 0.5) is 0 Å². The first-order valence-corrected chi connectivity index (χ1v) is 11.8. The molecule has 31 heavy (non-hydrogen) atoms. The van der Waals surface area contributed by atoms with Crippen LogP contribution in [0, 0.1) is 13.8 Å². The van der Waals surface area contributed by atoms with Crippen LogP contribution in [0.1, 0.15) is 42.0 Å². The molecule has 2 aromatic rings. The van der Waals surface area contributed by atoms with Gasteiger partial charge in [0.1, 0.15) is 0 Å². The molecule has 7 nitrogen and oxygen atoms in total. The smallest absolute Gasteiger partial charge is 0.257 e. The lowest BCUT2D eigenvalue weighted by molar-refractivity contribution is -0.132. The molecule has 0 atom stereocenters. The molecule has 1 aromatic carbocycles. The molecule has 0 aliphatic carbocycles. The lowest BCUT2D eigenvalue weighted by Crippen LogP contribution is -2.42. The molecule has 168 valence electrons. The SMILES string of the molecule is CCN(CC)C(=O)CN1CCCN(C(=O)c2c(C)nn(-c3ccc(Br)cc3)c2C)CC1. The van der Waals surface area contributed by atoms with Crippen molar-refractivity contribution in [3.63, 3.8) is 0 Å². The van der Waals surface area contributed by atoms with Crippen molar-refractivity contribution in [3.05, 3.63) is 45.7 Å². The van der Waals surface area contributed by atoms with Crippen molar-refractivity contribution in [2.75, 3.05) is 45.8 Å². The van der Waals surface area contributed by atoms with Crippen molar-refractivity contribution in [1.29, 1.82) is 0 Å². The number of carbonyl (C=O) groups is 2. The van der Waals surface area contributed by atoms with Crippen LogP contribution in [0.25, 0.3) is 5.69 Å². The van der Waals surface area contributed by atoms with E-state index < -0.39 is 0 Å². The Morgan fingerprint density at radius 2 is 1.71 bits per heavy atom. The van der Waals surface area contributed by atoms with Crippen molar-refractivity contribution in [1.82, 2.24) is 24.5 Å². The summed E-state index contributed by atoms with van der Waals surface area (Å²) in [5.74, 6) is 0.183. The Hall–Kier alpha value is -2.19. The molecule has 1 aromatic heterocycles. The monoisotopic (exact) mass is 489 g/mol. The zero-order valence-electron chi connectivity index (χ0n) is 18.9. The Balaban J connectivity index is 1.71. The molecule has 2 heterocycles. The van der Waals surface area contributed by atoms with E-state index in [-0.39, 0.29) is 11.8 Å². The Kier molecular flexibility index (Phi) is 7.89. The van der Waals surface area contributed by atoms with E-state index in [1.54, 1.807) is 0 Å². The Bertz CT molecular complexity index is 921. The topological polar surface area (TPSA) is 61.7 Å². The third-order valence-corrected chi connectivity index (χ3v) is 6.46. The molecule has 1 aliphatic heterocycles. The quantitative estimate of drug-likeness (QED) is 0.624. The van der Waals surface area contributed by atoms with Gasteiger partial charge in [-0.3, -0.25) is 14.5 Å². The first-order valence-electron chi connectivity index (χ1n) is 11.0. The highest BCUT2D eigenvalue weighted by Gasteiger charge is 2.27. The van der Waals surface area contributed by atoms with E-state index in [2.05, 4.69) is 25.9 Å². The number of nitrogens with zero attached hydrogens (tertiary/aromatic N) is 5. The molecule has 0 unspecified atom stereocenters. The molecule has 1 saturated heterocycles. The predicted octanol–water partition coefficient (Wildman–Crippen LogP) is 3.27. The van der Waals surface area contributed by atoms with Crippen molar-refractivity contribution in [2.45, 2.75) is 34.1 Å². The van der Waals surface area contributed by atoms with Gasteiger partial charge in [0, 0.05) is 43.7 Å². The predicted molar refractivity (Wildman–Crippen MR) is 126 cm³/mol. The van der Waals surface area contributed by atoms with Crippen molar-refractivity contribution >= 4 is 27.7 Å². The highest BCUT2D eigenvalue weighted by atomic mass is 79.9. The number of carbonyl (C=O) groups excluding carboxylic acids is 2. The van der Waals surface area contributed by atoms with Crippen molar-refractivity contribution in [3.8, 4) is 5.69 Å². The molecule has 0 saturated carbocycles. The van der Waals surface area contributed by atoms with E-state index in [1.807, 2.05) is 66.4 Å². The molecule has 1 fully saturated rings. The van der Waals surface area contributed by atoms with E-state index in [9.17, 15) is 9.59 Å². The third-order valence-electron chi connectivity index (χ3n) is 5.93. The van der Waals surface area contributed by atoms with Crippen LogP contribution in [-0.2, 0) is 4.79 Å². The van der Waals surface area contributed by atoms with Gasteiger partial charge in [0.2, 0.25) is 5.91 Å². The second kappa shape index (κ2) is 10.4. The fourth-order valence-electron chi connectivity index (χ4n) is 4.14. The molecule has 0 bridgehead atoms. The second-order valence-corrected chi connectivity index (χ2v) is 8.84. The van der Waals surface area contributed by atoms with Crippen LogP contribution < -0.4 is 0 Å². The van der Waals surface area contributed by atoms with Gasteiger partial charge in [0.15, 0.2) is 0 Å². The maximum Gasteiger partial charge on any atom is 0.257 e. The summed E-state index contributed by atoms with van der Waals surface area (Å²) in [6.45, 7) is 12.6. The molecule has 1 aliphatic rings. The highest BCUT2D eigenvalue weighted by Crippen LogP contribution is 2.22. The van der Waals surface area contributed by atoms with E-state index >= 15 is 0 Å². The minimum Gasteiger partial charge on any atom is -0.342 e. The average molecular weight is 490 g/mol. The van der Waals surface area contributed by atoms with Crippen LogP contribution in [0.3, 0.4) is 0 Å². The standard InChI is InChI=1S/C23H32BrN5O2/c1-5-27(6-2)21(30)16-26-12-7-13-28(15-14-26)23(31)22-17(3)25-29(18(22)4)20-10-8-19(24)9-11-20/h8-11H,5-7,12-16H2,1-4H3. The molecule has 0 radical (unpaired) electrons. The van der Waals surface area contributed by atoms with Gasteiger partial charge in [0.05, 0.1) is 29.2 Å². The van der Waals surface area contributed by atoms with Crippen molar-refractivity contribution in [2.24, 2.45) is 0 Å². The molecule has 2 amide bonds. The van der Waals surface area contributed by atoms with Gasteiger partial charge < -0.3 is 9.80 Å². The minimum atomic E-state index is 0.0234. The molecular formula is C23H32BrN5O2. The van der Waals surface area contributed by atoms with Gasteiger partial charge in [-0.25, -0.2) is 4.68 Å². The van der Waals surface area contributed by atoms with Crippen LogP contribution in [0.5, 0.6) is 0 Å². The maximum atomic E-state index is 13.4. The van der Waals surface area contributed by atoms with Gasteiger partial charge in [-0.2, -0.15) is 5.10 Å². The number of rotatable bonds is 6. The number of hydrogen-bond donors (Lipinski definition) is 0. The summed E-state index contributed by atoms with van der Waals surface area (Å²) in [7, 11) is 0. The van der Waals surface area contributed by atoms with Gasteiger partial charge >= 0.3 is 0 Å². The fourth-order valence-corrected chi connectivity index (χ4v) is 4.41. The summed E-state index contributed by atoms with van der Waals surface area (Å²) in [5.41, 5.74) is 3.20. The Morgan fingerprint density at radius 1 is 1.03 bits per heavy atom. The number of aromatic nitrogens is 2. The number of hydrogen-bond acceptors (Lipinski definition) is 4. The number of aryl methyl sites for hydroxylation is 1. The fraction of sp³-hybridized carbons (Fsp3) is 0.522. The summed E-state index contributed by atoms with van der Waals surface area (Å²) in [4.78, 5) is 31.8. The van der Waals surface area contributed by atoms with Crippen LogP contribution in [0.2, 0.25) is 0 Å². The molecule has 8 heteroatoms. The first kappa shape index (κ1) is 23.5. The average Bonchev–Trinajstić information content (AvgIpc) is 2.90. The largest absolute Gasteiger partial charge is 0.342 e. The first-order chi connectivity index (χ1) is 14.8. The van der Waals surface area contributed by atoms with E-state index in [0.717, 1.165) is 47.6 Å². The van der Waals surface area contributed by atoms with Crippen LogP contribution >= 0.6 is 15.9 Å². The van der Waals surface area contributed by atoms with Gasteiger partial charge in [-0.15, -0.1) is 0 Å². The molecule has 0 N–H and O–H groups in total. The lowest BCUT2D eigenvalue weighted by Gasteiger charge is -2.25. The maximum absolute atomic E-state index is 13.4. The molecular weight excluding hydrogens is 458 g/mol. The lowest BCUT2D eigenvalue weighted by atomic mass is 10.1. The van der Waals surface area contributed by atoms with Gasteiger partial charge in [-0.1, -0.05) is 15.9 Å². The second-order valence-electron chi connectivity index (χ2n) is 7.92. The third kappa shape index (κ3) is 5.36. The van der Waals surface area contributed by atoms with Gasteiger partial charge in [0.25, 0.3) is 5.91 Å². The van der Waals surface area contributed by atoms with Crippen molar-refractivity contribution < 1.29 is 9.59 Å². The zero-order chi connectivity index (χ0) is 22.5. The van der Waals surface area contributed by atoms with E-state index in [4.69, 9.17) is 0 Å². The minimum absolute atomic E-state index is 0.0234. The van der Waals surface area contributed by atoms with Crippen LogP contribution in [0.15, 0.2) is 28.7 Å². The molecule has 0 spiro atoms. The summed E-state index contributed by atoms with van der Waals surface area (Å²) in [6.07, 6.45) is 0.857. The van der Waals surface area contributed by atoms with E-state index in [1.165, 1.54) is 0 Å². The number of halogens is 1. The number of benzene rings is 1. The summed E-state index contributed by atoms with van der Waals surface area (Å²) < 4.78 is 2.84. The normalized spacial score (nSPS) is 15.1.